The van der Waals surface area contributed by atoms with Crippen LogP contribution in [0.15, 0.2) is 54.6 Å². The Labute approximate surface area is 154 Å². The Morgan fingerprint density at radius 2 is 1.70 bits per heavy atom. The Morgan fingerprint density at radius 1 is 1.04 bits per heavy atom. The van der Waals surface area contributed by atoms with Crippen LogP contribution in [0.2, 0.25) is 0 Å². The van der Waals surface area contributed by atoms with E-state index in [1.165, 1.54) is 0 Å². The van der Waals surface area contributed by atoms with Crippen LogP contribution in [0, 0.1) is 11.8 Å². The number of hydrogen-bond donors (Lipinski definition) is 3. The number of aliphatic hydroxyl groups is 2. The number of carbonyl (C=O) groups is 1. The van der Waals surface area contributed by atoms with Crippen molar-refractivity contribution < 1.29 is 28.2 Å². The van der Waals surface area contributed by atoms with Crippen LogP contribution < -0.4 is 5.32 Å². The third kappa shape index (κ3) is 6.44. The van der Waals surface area contributed by atoms with E-state index >= 15 is 0 Å². The topological polar surface area (TPSA) is 69.6 Å². The standard InChI is InChI=1S/C20H18F3NO3/c21-20(22,23)19(27)24-12-11-18(26)16-8-4-5-14(13-16)9-10-17(25)15-6-2-1-3-7-15/h1-8,13,17-18,25-26H,11-12H2,(H,24,27). The average molecular weight is 377 g/mol. The molecule has 2 atom stereocenters. The van der Waals surface area contributed by atoms with Gasteiger partial charge in [0.25, 0.3) is 0 Å². The van der Waals surface area contributed by atoms with E-state index in [2.05, 4.69) is 11.8 Å². The van der Waals surface area contributed by atoms with E-state index in [1.54, 1.807) is 53.8 Å². The van der Waals surface area contributed by atoms with Gasteiger partial charge >= 0.3 is 12.1 Å². The van der Waals surface area contributed by atoms with E-state index in [0.29, 0.717) is 16.7 Å². The van der Waals surface area contributed by atoms with Crippen molar-refractivity contribution in [3.05, 3.63) is 71.3 Å². The van der Waals surface area contributed by atoms with Gasteiger partial charge in [0.05, 0.1) is 6.10 Å². The Kier molecular flexibility index (Phi) is 6.99. The molecule has 2 aromatic carbocycles. The predicted molar refractivity (Wildman–Crippen MR) is 93.4 cm³/mol. The molecule has 142 valence electrons. The zero-order valence-corrected chi connectivity index (χ0v) is 14.2. The molecule has 2 aromatic rings. The van der Waals surface area contributed by atoms with Gasteiger partial charge in [0.2, 0.25) is 0 Å². The number of benzene rings is 2. The van der Waals surface area contributed by atoms with E-state index in [0.717, 1.165) is 0 Å². The second-order valence-electron chi connectivity index (χ2n) is 5.77. The first-order valence-electron chi connectivity index (χ1n) is 8.15. The van der Waals surface area contributed by atoms with Gasteiger partial charge in [-0.1, -0.05) is 54.3 Å². The lowest BCUT2D eigenvalue weighted by molar-refractivity contribution is -0.173. The molecular weight excluding hydrogens is 359 g/mol. The number of aliphatic hydroxyl groups excluding tert-OH is 2. The lowest BCUT2D eigenvalue weighted by Gasteiger charge is -2.13. The van der Waals surface area contributed by atoms with Crippen molar-refractivity contribution in [1.82, 2.24) is 5.32 Å². The number of hydrogen-bond acceptors (Lipinski definition) is 3. The quantitative estimate of drug-likeness (QED) is 0.702. The lowest BCUT2D eigenvalue weighted by Crippen LogP contribution is -2.37. The minimum Gasteiger partial charge on any atom is -0.388 e. The fourth-order valence-electron chi connectivity index (χ4n) is 2.28. The zero-order chi connectivity index (χ0) is 19.9. The van der Waals surface area contributed by atoms with Crippen LogP contribution in [0.25, 0.3) is 0 Å². The summed E-state index contributed by atoms with van der Waals surface area (Å²) in [5.41, 5.74) is 1.65. The van der Waals surface area contributed by atoms with Gasteiger partial charge in [-0.3, -0.25) is 4.79 Å². The van der Waals surface area contributed by atoms with E-state index in [1.807, 2.05) is 6.07 Å². The second kappa shape index (κ2) is 9.21. The zero-order valence-electron chi connectivity index (χ0n) is 14.2. The number of alkyl halides is 3. The summed E-state index contributed by atoms with van der Waals surface area (Å²) in [5.74, 6) is 3.46. The molecule has 0 saturated heterocycles. The SMILES string of the molecule is O=C(NCCC(O)c1cccc(C#CC(O)c2ccccc2)c1)C(F)(F)F. The Hall–Kier alpha value is -2.82. The van der Waals surface area contributed by atoms with Crippen molar-refractivity contribution in [1.29, 1.82) is 0 Å². The van der Waals surface area contributed by atoms with Crippen molar-refractivity contribution in [2.75, 3.05) is 6.54 Å². The smallest absolute Gasteiger partial charge is 0.388 e. The van der Waals surface area contributed by atoms with Gasteiger partial charge in [-0.2, -0.15) is 13.2 Å². The van der Waals surface area contributed by atoms with Crippen LogP contribution in [0.1, 0.15) is 35.3 Å². The predicted octanol–water partition coefficient (Wildman–Crippen LogP) is 2.87. The van der Waals surface area contributed by atoms with Crippen LogP contribution in [0.3, 0.4) is 0 Å². The minimum atomic E-state index is -4.94. The van der Waals surface area contributed by atoms with E-state index in [4.69, 9.17) is 0 Å². The summed E-state index contributed by atoms with van der Waals surface area (Å²) >= 11 is 0. The van der Waals surface area contributed by atoms with Crippen molar-refractivity contribution in [2.45, 2.75) is 24.8 Å². The van der Waals surface area contributed by atoms with Gasteiger partial charge in [0, 0.05) is 12.1 Å². The number of amides is 1. The molecule has 0 bridgehead atoms. The normalized spacial score (nSPS) is 13.2. The molecule has 1 amide bonds. The highest BCUT2D eigenvalue weighted by atomic mass is 19.4. The first-order valence-corrected chi connectivity index (χ1v) is 8.15. The third-order valence-corrected chi connectivity index (χ3v) is 3.70. The van der Waals surface area contributed by atoms with Gasteiger partial charge in [-0.15, -0.1) is 0 Å². The van der Waals surface area contributed by atoms with E-state index < -0.39 is 24.3 Å². The van der Waals surface area contributed by atoms with Crippen molar-refractivity contribution in [3.63, 3.8) is 0 Å². The van der Waals surface area contributed by atoms with Gasteiger partial charge in [0.15, 0.2) is 0 Å². The summed E-state index contributed by atoms with van der Waals surface area (Å²) in [6, 6.07) is 15.4. The molecule has 0 aliphatic heterocycles. The molecule has 0 spiro atoms. The highest BCUT2D eigenvalue weighted by Crippen LogP contribution is 2.19. The van der Waals surface area contributed by atoms with Gasteiger partial charge in [-0.05, 0) is 29.7 Å². The highest BCUT2D eigenvalue weighted by Gasteiger charge is 2.38. The number of rotatable bonds is 5. The molecule has 0 radical (unpaired) electrons. The summed E-state index contributed by atoms with van der Waals surface area (Å²) in [5, 5.41) is 21.8. The van der Waals surface area contributed by atoms with Crippen LogP contribution in [0.5, 0.6) is 0 Å². The number of halogens is 3. The fourth-order valence-corrected chi connectivity index (χ4v) is 2.28. The number of carbonyl (C=O) groups excluding carboxylic acids is 1. The monoisotopic (exact) mass is 377 g/mol. The summed E-state index contributed by atoms with van der Waals surface area (Å²) in [4.78, 5) is 10.7. The van der Waals surface area contributed by atoms with Crippen LogP contribution in [-0.2, 0) is 4.79 Å². The maximum atomic E-state index is 12.1. The summed E-state index contributed by atoms with van der Waals surface area (Å²) in [6.07, 6.45) is -7.04. The Balaban J connectivity index is 1.97. The summed E-state index contributed by atoms with van der Waals surface area (Å²) < 4.78 is 36.3. The first-order chi connectivity index (χ1) is 12.8. The highest BCUT2D eigenvalue weighted by molar-refractivity contribution is 5.81. The maximum Gasteiger partial charge on any atom is 0.471 e. The molecular formula is C20H18F3NO3. The fraction of sp³-hybridized carbons (Fsp3) is 0.250. The van der Waals surface area contributed by atoms with Crippen LogP contribution >= 0.6 is 0 Å². The molecule has 0 aliphatic carbocycles. The molecule has 0 fully saturated rings. The first kappa shape index (κ1) is 20.5. The van der Waals surface area contributed by atoms with Crippen molar-refractivity contribution in [2.24, 2.45) is 0 Å². The van der Waals surface area contributed by atoms with Crippen LogP contribution in [0.4, 0.5) is 13.2 Å². The molecule has 0 aromatic heterocycles. The van der Waals surface area contributed by atoms with Gasteiger partial charge < -0.3 is 15.5 Å². The van der Waals surface area contributed by atoms with Gasteiger partial charge in [0.1, 0.15) is 6.10 Å². The third-order valence-electron chi connectivity index (χ3n) is 3.70. The van der Waals surface area contributed by atoms with Gasteiger partial charge in [-0.25, -0.2) is 0 Å². The molecule has 27 heavy (non-hydrogen) atoms. The summed E-state index contributed by atoms with van der Waals surface area (Å²) in [6.45, 7) is -0.317. The molecule has 4 nitrogen and oxygen atoms in total. The molecule has 0 saturated carbocycles. The second-order valence-corrected chi connectivity index (χ2v) is 5.77. The molecule has 0 heterocycles. The largest absolute Gasteiger partial charge is 0.471 e. The Bertz CT molecular complexity index is 826. The molecule has 7 heteroatoms. The lowest BCUT2D eigenvalue weighted by atomic mass is 10.0. The molecule has 2 unspecified atom stereocenters. The molecule has 2 rings (SSSR count). The minimum absolute atomic E-state index is 0.0780. The van der Waals surface area contributed by atoms with Crippen LogP contribution in [-0.4, -0.2) is 28.8 Å². The van der Waals surface area contributed by atoms with Crippen molar-refractivity contribution in [3.8, 4) is 11.8 Å². The van der Waals surface area contributed by atoms with E-state index in [9.17, 15) is 28.2 Å². The maximum absolute atomic E-state index is 12.1. The molecule has 0 aliphatic rings. The average Bonchev–Trinajstić information content (AvgIpc) is 2.66. The van der Waals surface area contributed by atoms with E-state index in [-0.39, 0.29) is 13.0 Å². The number of nitrogens with one attached hydrogen (secondary N) is 1. The molecule has 3 N–H and O–H groups in total. The Morgan fingerprint density at radius 3 is 2.37 bits per heavy atom. The summed E-state index contributed by atoms with van der Waals surface area (Å²) in [7, 11) is 0. The van der Waals surface area contributed by atoms with Crippen molar-refractivity contribution >= 4 is 5.91 Å².